The van der Waals surface area contributed by atoms with Gasteiger partial charge in [0.25, 0.3) is 0 Å². The summed E-state index contributed by atoms with van der Waals surface area (Å²) in [5.41, 5.74) is 0.753. The highest BCUT2D eigenvalue weighted by molar-refractivity contribution is 9.10. The summed E-state index contributed by atoms with van der Waals surface area (Å²) in [5, 5.41) is 0.0446. The SMILES string of the molecule is CC(C)Oc1c(Br)cc2oc(-c3ccc(F)cc3)c(C=O)c2c1F. The second kappa shape index (κ2) is 6.36. The maximum atomic E-state index is 14.9. The summed E-state index contributed by atoms with van der Waals surface area (Å²) < 4.78 is 39.5. The third-order valence-corrected chi connectivity index (χ3v) is 4.03. The second-order valence-electron chi connectivity index (χ2n) is 5.51. The number of rotatable bonds is 4. The summed E-state index contributed by atoms with van der Waals surface area (Å²) in [6.45, 7) is 3.55. The lowest BCUT2D eigenvalue weighted by atomic mass is 10.1. The van der Waals surface area contributed by atoms with Crippen molar-refractivity contribution in [2.45, 2.75) is 20.0 Å². The lowest BCUT2D eigenvalue weighted by molar-refractivity contribution is 0.112. The minimum atomic E-state index is -0.674. The molecule has 1 aromatic heterocycles. The number of furan rings is 1. The predicted octanol–water partition coefficient (Wildman–Crippen LogP) is 5.74. The Hall–Kier alpha value is -2.21. The molecule has 0 saturated carbocycles. The van der Waals surface area contributed by atoms with E-state index in [4.69, 9.17) is 9.15 Å². The number of aldehydes is 1. The molecular formula is C18H13BrF2O3. The first-order valence-electron chi connectivity index (χ1n) is 7.24. The van der Waals surface area contributed by atoms with Gasteiger partial charge in [-0.1, -0.05) is 0 Å². The summed E-state index contributed by atoms with van der Waals surface area (Å²) in [5.74, 6) is -0.879. The number of carbonyl (C=O) groups is 1. The molecule has 0 N–H and O–H groups in total. The van der Waals surface area contributed by atoms with Crippen molar-refractivity contribution >= 4 is 33.2 Å². The third kappa shape index (κ3) is 2.82. The number of benzene rings is 2. The topological polar surface area (TPSA) is 39.4 Å². The van der Waals surface area contributed by atoms with E-state index in [2.05, 4.69) is 15.9 Å². The number of hydrogen-bond donors (Lipinski definition) is 0. The minimum Gasteiger partial charge on any atom is -0.487 e. The standard InChI is InChI=1S/C18H13BrF2O3/c1-9(2)23-18-13(19)7-14-15(16(18)21)12(8-22)17(24-14)10-3-5-11(20)6-4-10/h3-9H,1-2H3. The summed E-state index contributed by atoms with van der Waals surface area (Å²) >= 11 is 3.26. The Labute approximate surface area is 145 Å². The molecule has 6 heteroatoms. The fourth-order valence-electron chi connectivity index (χ4n) is 2.46. The highest BCUT2D eigenvalue weighted by Crippen LogP contribution is 2.41. The first-order valence-corrected chi connectivity index (χ1v) is 8.04. The van der Waals surface area contributed by atoms with E-state index in [1.54, 1.807) is 19.9 Å². The molecule has 0 bridgehead atoms. The van der Waals surface area contributed by atoms with E-state index in [0.29, 0.717) is 16.3 Å². The Bertz CT molecular complexity index is 914. The Morgan fingerprint density at radius 2 is 1.88 bits per heavy atom. The van der Waals surface area contributed by atoms with Crippen LogP contribution in [-0.4, -0.2) is 12.4 Å². The molecule has 24 heavy (non-hydrogen) atoms. The van der Waals surface area contributed by atoms with Crippen molar-refractivity contribution in [2.75, 3.05) is 0 Å². The molecule has 3 aromatic rings. The third-order valence-electron chi connectivity index (χ3n) is 3.44. The van der Waals surface area contributed by atoms with Crippen LogP contribution in [0.4, 0.5) is 8.78 Å². The average molecular weight is 395 g/mol. The van der Waals surface area contributed by atoms with Crippen LogP contribution in [0, 0.1) is 11.6 Å². The molecule has 0 amide bonds. The van der Waals surface area contributed by atoms with E-state index in [9.17, 15) is 13.6 Å². The molecule has 0 unspecified atom stereocenters. The van der Waals surface area contributed by atoms with Gasteiger partial charge in [-0.15, -0.1) is 0 Å². The fraction of sp³-hybridized carbons (Fsp3) is 0.167. The van der Waals surface area contributed by atoms with Gasteiger partial charge < -0.3 is 9.15 Å². The van der Waals surface area contributed by atoms with Crippen LogP contribution >= 0.6 is 15.9 Å². The fourth-order valence-corrected chi connectivity index (χ4v) is 2.94. The molecule has 0 aliphatic rings. The smallest absolute Gasteiger partial charge is 0.178 e. The Morgan fingerprint density at radius 3 is 2.46 bits per heavy atom. The zero-order valence-corrected chi connectivity index (χ0v) is 14.5. The van der Waals surface area contributed by atoms with E-state index >= 15 is 0 Å². The Balaban J connectivity index is 2.28. The molecule has 1 heterocycles. The zero-order chi connectivity index (χ0) is 17.4. The van der Waals surface area contributed by atoms with Gasteiger partial charge in [-0.2, -0.15) is 0 Å². The number of halogens is 3. The monoisotopic (exact) mass is 394 g/mol. The van der Waals surface area contributed by atoms with E-state index in [0.717, 1.165) is 0 Å². The lowest BCUT2D eigenvalue weighted by Crippen LogP contribution is -2.07. The molecule has 0 aliphatic carbocycles. The summed E-state index contributed by atoms with van der Waals surface area (Å²) in [4.78, 5) is 11.6. The average Bonchev–Trinajstić information content (AvgIpc) is 2.90. The van der Waals surface area contributed by atoms with Crippen LogP contribution in [0.3, 0.4) is 0 Å². The number of carbonyl (C=O) groups excluding carboxylic acids is 1. The summed E-state index contributed by atoms with van der Waals surface area (Å²) in [7, 11) is 0. The second-order valence-corrected chi connectivity index (χ2v) is 6.37. The van der Waals surface area contributed by atoms with Gasteiger partial charge in [0, 0.05) is 5.56 Å². The van der Waals surface area contributed by atoms with Crippen molar-refractivity contribution < 1.29 is 22.7 Å². The van der Waals surface area contributed by atoms with Crippen LogP contribution in [0.1, 0.15) is 24.2 Å². The van der Waals surface area contributed by atoms with Gasteiger partial charge in [0.05, 0.1) is 21.5 Å². The highest BCUT2D eigenvalue weighted by atomic mass is 79.9. The molecule has 3 nitrogen and oxygen atoms in total. The highest BCUT2D eigenvalue weighted by Gasteiger charge is 2.24. The van der Waals surface area contributed by atoms with E-state index in [-0.39, 0.29) is 34.1 Å². The van der Waals surface area contributed by atoms with Gasteiger partial charge in [-0.25, -0.2) is 8.78 Å². The molecular weight excluding hydrogens is 382 g/mol. The molecule has 0 fully saturated rings. The summed E-state index contributed by atoms with van der Waals surface area (Å²) in [6, 6.07) is 6.99. The maximum Gasteiger partial charge on any atom is 0.178 e. The van der Waals surface area contributed by atoms with Gasteiger partial charge in [-0.3, -0.25) is 4.79 Å². The van der Waals surface area contributed by atoms with Crippen molar-refractivity contribution in [1.29, 1.82) is 0 Å². The van der Waals surface area contributed by atoms with Crippen molar-refractivity contribution in [3.8, 4) is 17.1 Å². The van der Waals surface area contributed by atoms with Gasteiger partial charge >= 0.3 is 0 Å². The molecule has 3 rings (SSSR count). The van der Waals surface area contributed by atoms with Crippen LogP contribution in [0.2, 0.25) is 0 Å². The zero-order valence-electron chi connectivity index (χ0n) is 12.9. The maximum absolute atomic E-state index is 14.9. The normalized spacial score (nSPS) is 11.2. The van der Waals surface area contributed by atoms with Crippen molar-refractivity contribution in [3.63, 3.8) is 0 Å². The van der Waals surface area contributed by atoms with Crippen molar-refractivity contribution in [3.05, 3.63) is 52.0 Å². The van der Waals surface area contributed by atoms with Gasteiger partial charge in [0.2, 0.25) is 0 Å². The number of fused-ring (bicyclic) bond motifs is 1. The summed E-state index contributed by atoms with van der Waals surface area (Å²) in [6.07, 6.45) is 0.289. The van der Waals surface area contributed by atoms with E-state index in [1.807, 2.05) is 0 Å². The Kier molecular flexibility index (Phi) is 4.41. The minimum absolute atomic E-state index is 0.0204. The lowest BCUT2D eigenvalue weighted by Gasteiger charge is -2.12. The molecule has 0 spiro atoms. The molecule has 0 atom stereocenters. The van der Waals surface area contributed by atoms with Crippen LogP contribution in [0.5, 0.6) is 5.75 Å². The predicted molar refractivity (Wildman–Crippen MR) is 90.4 cm³/mol. The van der Waals surface area contributed by atoms with Gasteiger partial charge in [-0.05, 0) is 60.1 Å². The first-order chi connectivity index (χ1) is 11.4. The quantitative estimate of drug-likeness (QED) is 0.529. The van der Waals surface area contributed by atoms with Crippen LogP contribution in [-0.2, 0) is 0 Å². The number of ether oxygens (including phenoxy) is 1. The molecule has 2 aromatic carbocycles. The molecule has 0 radical (unpaired) electrons. The van der Waals surface area contributed by atoms with E-state index < -0.39 is 11.6 Å². The van der Waals surface area contributed by atoms with Crippen LogP contribution < -0.4 is 4.74 Å². The number of hydrogen-bond acceptors (Lipinski definition) is 3. The van der Waals surface area contributed by atoms with E-state index in [1.165, 1.54) is 24.3 Å². The molecule has 0 aliphatic heterocycles. The van der Waals surface area contributed by atoms with Crippen molar-refractivity contribution in [1.82, 2.24) is 0 Å². The van der Waals surface area contributed by atoms with Crippen LogP contribution in [0.25, 0.3) is 22.3 Å². The largest absolute Gasteiger partial charge is 0.487 e. The van der Waals surface area contributed by atoms with Crippen LogP contribution in [0.15, 0.2) is 39.2 Å². The van der Waals surface area contributed by atoms with Gasteiger partial charge in [0.1, 0.15) is 17.2 Å². The van der Waals surface area contributed by atoms with Crippen molar-refractivity contribution in [2.24, 2.45) is 0 Å². The Morgan fingerprint density at radius 1 is 1.21 bits per heavy atom. The van der Waals surface area contributed by atoms with Gasteiger partial charge in [0.15, 0.2) is 17.9 Å². The first kappa shape index (κ1) is 16.6. The molecule has 0 saturated heterocycles. The molecule has 124 valence electrons.